The molecular formula is C21H24N2O4. The highest BCUT2D eigenvalue weighted by atomic mass is 16.5. The third-order valence-corrected chi connectivity index (χ3v) is 4.02. The summed E-state index contributed by atoms with van der Waals surface area (Å²) in [5.41, 5.74) is 2.69. The number of nitrogens with zero attached hydrogens (tertiary/aromatic N) is 1. The Morgan fingerprint density at radius 3 is 2.26 bits per heavy atom. The molecule has 2 amide bonds. The summed E-state index contributed by atoms with van der Waals surface area (Å²) < 4.78 is 4.93. The summed E-state index contributed by atoms with van der Waals surface area (Å²) in [7, 11) is 0. The minimum absolute atomic E-state index is 0.0913. The molecule has 0 aromatic heterocycles. The van der Waals surface area contributed by atoms with Crippen LogP contribution >= 0.6 is 0 Å². The van der Waals surface area contributed by atoms with Gasteiger partial charge in [0.05, 0.1) is 12.2 Å². The maximum atomic E-state index is 12.4. The number of carbonyl (C=O) groups is 3. The van der Waals surface area contributed by atoms with E-state index in [0.29, 0.717) is 17.9 Å². The lowest BCUT2D eigenvalue weighted by molar-refractivity contribution is -0.120. The summed E-state index contributed by atoms with van der Waals surface area (Å²) >= 11 is 0. The van der Waals surface area contributed by atoms with Crippen LogP contribution in [-0.2, 0) is 20.7 Å². The van der Waals surface area contributed by atoms with E-state index < -0.39 is 5.97 Å². The molecule has 0 saturated heterocycles. The van der Waals surface area contributed by atoms with Crippen LogP contribution < -0.4 is 10.2 Å². The molecule has 0 radical (unpaired) electrons. The summed E-state index contributed by atoms with van der Waals surface area (Å²) in [6.45, 7) is 5.39. The van der Waals surface area contributed by atoms with Crippen LogP contribution in [0, 0.1) is 0 Å². The molecule has 0 aliphatic heterocycles. The van der Waals surface area contributed by atoms with E-state index in [1.54, 1.807) is 31.2 Å². The van der Waals surface area contributed by atoms with Crippen molar-refractivity contribution in [2.24, 2.45) is 0 Å². The van der Waals surface area contributed by atoms with Gasteiger partial charge in [0.2, 0.25) is 11.8 Å². The fraction of sp³-hybridized carbons (Fsp3) is 0.286. The van der Waals surface area contributed by atoms with Gasteiger partial charge in [-0.05, 0) is 49.2 Å². The second-order valence-corrected chi connectivity index (χ2v) is 5.93. The predicted molar refractivity (Wildman–Crippen MR) is 105 cm³/mol. The van der Waals surface area contributed by atoms with Crippen LogP contribution in [0.15, 0.2) is 48.5 Å². The van der Waals surface area contributed by atoms with Crippen molar-refractivity contribution in [1.82, 2.24) is 0 Å². The zero-order valence-corrected chi connectivity index (χ0v) is 15.8. The standard InChI is InChI=1S/C21H24N2O4/c1-4-16-8-6-7-9-19(16)23(15(3)24)14-20(25)22-18-12-10-17(11-13-18)21(26)27-5-2/h6-13H,4-5,14H2,1-3H3,(H,22,25). The predicted octanol–water partition coefficient (Wildman–Crippen LogP) is 3.42. The number of nitrogens with one attached hydrogen (secondary N) is 1. The molecule has 6 heteroatoms. The zero-order chi connectivity index (χ0) is 19.8. The number of amides is 2. The van der Waals surface area contributed by atoms with E-state index in [1.165, 1.54) is 11.8 Å². The first-order valence-electron chi connectivity index (χ1n) is 8.89. The molecule has 0 aliphatic carbocycles. The van der Waals surface area contributed by atoms with Gasteiger partial charge in [-0.2, -0.15) is 0 Å². The largest absolute Gasteiger partial charge is 0.462 e. The lowest BCUT2D eigenvalue weighted by atomic mass is 10.1. The SMILES string of the molecule is CCOC(=O)c1ccc(NC(=O)CN(C(C)=O)c2ccccc2CC)cc1. The molecule has 142 valence electrons. The van der Waals surface area contributed by atoms with Crippen molar-refractivity contribution < 1.29 is 19.1 Å². The Balaban J connectivity index is 2.08. The molecule has 1 N–H and O–H groups in total. The van der Waals surface area contributed by atoms with E-state index >= 15 is 0 Å². The monoisotopic (exact) mass is 368 g/mol. The van der Waals surface area contributed by atoms with Crippen LogP contribution in [0.2, 0.25) is 0 Å². The molecule has 0 heterocycles. The van der Waals surface area contributed by atoms with E-state index in [2.05, 4.69) is 5.32 Å². The van der Waals surface area contributed by atoms with Crippen molar-refractivity contribution in [3.63, 3.8) is 0 Å². The summed E-state index contributed by atoms with van der Waals surface area (Å²) in [5.74, 6) is -0.932. The molecular weight excluding hydrogens is 344 g/mol. The summed E-state index contributed by atoms with van der Waals surface area (Å²) in [5, 5.41) is 2.75. The van der Waals surface area contributed by atoms with E-state index in [0.717, 1.165) is 17.7 Å². The average molecular weight is 368 g/mol. The van der Waals surface area contributed by atoms with Crippen LogP contribution in [0.5, 0.6) is 0 Å². The highest BCUT2D eigenvalue weighted by Gasteiger charge is 2.18. The molecule has 0 saturated carbocycles. The van der Waals surface area contributed by atoms with E-state index in [-0.39, 0.29) is 18.4 Å². The molecule has 2 aromatic carbocycles. The van der Waals surface area contributed by atoms with E-state index in [9.17, 15) is 14.4 Å². The summed E-state index contributed by atoms with van der Waals surface area (Å²) in [6, 6.07) is 14.0. The van der Waals surface area contributed by atoms with Crippen LogP contribution in [0.4, 0.5) is 11.4 Å². The maximum Gasteiger partial charge on any atom is 0.338 e. The second-order valence-electron chi connectivity index (χ2n) is 5.93. The van der Waals surface area contributed by atoms with Crippen molar-refractivity contribution in [2.45, 2.75) is 27.2 Å². The summed E-state index contributed by atoms with van der Waals surface area (Å²) in [4.78, 5) is 37.6. The molecule has 0 bridgehead atoms. The number of hydrogen-bond donors (Lipinski definition) is 1. The highest BCUT2D eigenvalue weighted by molar-refractivity contribution is 6.02. The van der Waals surface area contributed by atoms with E-state index in [4.69, 9.17) is 4.74 Å². The third kappa shape index (κ3) is 5.41. The molecule has 0 fully saturated rings. The molecule has 0 spiro atoms. The van der Waals surface area contributed by atoms with Crippen molar-refractivity contribution in [2.75, 3.05) is 23.4 Å². The first-order valence-corrected chi connectivity index (χ1v) is 8.89. The molecule has 0 aliphatic rings. The number of benzene rings is 2. The number of para-hydroxylation sites is 1. The topological polar surface area (TPSA) is 75.7 Å². The normalized spacial score (nSPS) is 10.2. The lowest BCUT2D eigenvalue weighted by Gasteiger charge is -2.23. The Kier molecular flexibility index (Phi) is 7.11. The van der Waals surface area contributed by atoms with Crippen molar-refractivity contribution in [3.8, 4) is 0 Å². The number of rotatable bonds is 7. The molecule has 0 atom stereocenters. The highest BCUT2D eigenvalue weighted by Crippen LogP contribution is 2.21. The van der Waals surface area contributed by atoms with Gasteiger partial charge in [-0.3, -0.25) is 9.59 Å². The number of ether oxygens (including phenoxy) is 1. The number of carbonyl (C=O) groups excluding carboxylic acids is 3. The number of esters is 1. The van der Waals surface area contributed by atoms with Gasteiger partial charge in [-0.15, -0.1) is 0 Å². The molecule has 6 nitrogen and oxygen atoms in total. The number of anilines is 2. The fourth-order valence-corrected chi connectivity index (χ4v) is 2.69. The van der Waals surface area contributed by atoms with Gasteiger partial charge in [-0.25, -0.2) is 4.79 Å². The van der Waals surface area contributed by atoms with Crippen molar-refractivity contribution in [1.29, 1.82) is 0 Å². The Labute approximate surface area is 159 Å². The first kappa shape index (κ1) is 20.2. The van der Waals surface area contributed by atoms with E-state index in [1.807, 2.05) is 31.2 Å². The smallest absolute Gasteiger partial charge is 0.338 e. The van der Waals surface area contributed by atoms with Crippen LogP contribution in [-0.4, -0.2) is 30.9 Å². The molecule has 2 aromatic rings. The molecule has 27 heavy (non-hydrogen) atoms. The molecule has 0 unspecified atom stereocenters. The van der Waals surface area contributed by atoms with Crippen molar-refractivity contribution in [3.05, 3.63) is 59.7 Å². The van der Waals surface area contributed by atoms with Gasteiger partial charge in [0, 0.05) is 18.3 Å². The Hall–Kier alpha value is -3.15. The zero-order valence-electron chi connectivity index (χ0n) is 15.8. The Morgan fingerprint density at radius 1 is 1.00 bits per heavy atom. The lowest BCUT2D eigenvalue weighted by Crippen LogP contribution is -2.37. The minimum atomic E-state index is -0.408. The van der Waals surface area contributed by atoms with Gasteiger partial charge < -0.3 is 15.0 Å². The Morgan fingerprint density at radius 2 is 1.67 bits per heavy atom. The van der Waals surface area contributed by atoms with Gasteiger partial charge in [0.25, 0.3) is 0 Å². The Bertz CT molecular complexity index is 815. The maximum absolute atomic E-state index is 12.4. The van der Waals surface area contributed by atoms with Gasteiger partial charge in [0.1, 0.15) is 6.54 Å². The second kappa shape index (κ2) is 9.52. The van der Waals surface area contributed by atoms with Crippen LogP contribution in [0.1, 0.15) is 36.7 Å². The van der Waals surface area contributed by atoms with Gasteiger partial charge in [-0.1, -0.05) is 25.1 Å². The third-order valence-electron chi connectivity index (χ3n) is 4.02. The van der Waals surface area contributed by atoms with Gasteiger partial charge in [0.15, 0.2) is 0 Å². The number of hydrogen-bond acceptors (Lipinski definition) is 4. The number of aryl methyl sites for hydroxylation is 1. The van der Waals surface area contributed by atoms with Crippen molar-refractivity contribution >= 4 is 29.2 Å². The quantitative estimate of drug-likeness (QED) is 0.760. The van der Waals surface area contributed by atoms with Crippen LogP contribution in [0.25, 0.3) is 0 Å². The fourth-order valence-electron chi connectivity index (χ4n) is 2.69. The average Bonchev–Trinajstić information content (AvgIpc) is 2.66. The van der Waals surface area contributed by atoms with Crippen LogP contribution in [0.3, 0.4) is 0 Å². The first-order chi connectivity index (χ1) is 13.0. The molecule has 2 rings (SSSR count). The summed E-state index contributed by atoms with van der Waals surface area (Å²) in [6.07, 6.45) is 0.761. The van der Waals surface area contributed by atoms with Gasteiger partial charge >= 0.3 is 5.97 Å². The minimum Gasteiger partial charge on any atom is -0.462 e.